The second-order valence-corrected chi connectivity index (χ2v) is 8.15. The molecule has 9 heteroatoms. The molecule has 3 N–H and O–H groups in total. The summed E-state index contributed by atoms with van der Waals surface area (Å²) in [5.41, 5.74) is 3.09. The first-order chi connectivity index (χ1) is 13.9. The zero-order chi connectivity index (χ0) is 20.9. The van der Waals surface area contributed by atoms with Gasteiger partial charge in [-0.2, -0.15) is 4.31 Å². The van der Waals surface area contributed by atoms with Crippen LogP contribution in [0.5, 0.6) is 5.75 Å². The van der Waals surface area contributed by atoms with Gasteiger partial charge in [-0.05, 0) is 41.5 Å². The standard InChI is InChI=1S/C20H19N3O5S/c24-18-5-1-2-6-19(18)29(27,28)23(14-16-4-3-11-21-12-16)13-15-7-9-17(10-8-15)20(25)22-26/h1-12,24,26H,13-14H2,(H,22,25). The first-order valence-corrected chi connectivity index (χ1v) is 10.1. The number of hydrogen-bond donors (Lipinski definition) is 3. The number of sulfonamides is 1. The van der Waals surface area contributed by atoms with Gasteiger partial charge in [0.2, 0.25) is 10.0 Å². The van der Waals surface area contributed by atoms with Crippen LogP contribution in [0.4, 0.5) is 0 Å². The van der Waals surface area contributed by atoms with E-state index in [9.17, 15) is 18.3 Å². The lowest BCUT2D eigenvalue weighted by Crippen LogP contribution is -2.30. The third-order valence-electron chi connectivity index (χ3n) is 4.24. The molecule has 29 heavy (non-hydrogen) atoms. The summed E-state index contributed by atoms with van der Waals surface area (Å²) in [6.45, 7) is 0.0516. The first kappa shape index (κ1) is 20.5. The van der Waals surface area contributed by atoms with Crippen LogP contribution in [0.3, 0.4) is 0 Å². The highest BCUT2D eigenvalue weighted by Gasteiger charge is 2.27. The average molecular weight is 413 g/mol. The SMILES string of the molecule is O=C(NO)c1ccc(CN(Cc2cccnc2)S(=O)(=O)c2ccccc2O)cc1. The van der Waals surface area contributed by atoms with Gasteiger partial charge in [0.05, 0.1) is 0 Å². The number of carbonyl (C=O) groups is 1. The fourth-order valence-electron chi connectivity index (χ4n) is 2.77. The van der Waals surface area contributed by atoms with E-state index >= 15 is 0 Å². The fourth-order valence-corrected chi connectivity index (χ4v) is 4.26. The summed E-state index contributed by atoms with van der Waals surface area (Å²) in [5, 5.41) is 18.8. The Labute approximate surface area is 168 Å². The maximum absolute atomic E-state index is 13.2. The van der Waals surface area contributed by atoms with Crippen molar-refractivity contribution in [2.75, 3.05) is 0 Å². The minimum Gasteiger partial charge on any atom is -0.507 e. The molecule has 1 amide bonds. The number of nitrogens with zero attached hydrogens (tertiary/aromatic N) is 2. The molecule has 0 saturated heterocycles. The van der Waals surface area contributed by atoms with Crippen molar-refractivity contribution >= 4 is 15.9 Å². The number of benzene rings is 2. The van der Waals surface area contributed by atoms with Gasteiger partial charge in [0.15, 0.2) is 0 Å². The van der Waals surface area contributed by atoms with E-state index in [1.54, 1.807) is 48.2 Å². The predicted octanol–water partition coefficient (Wildman–Crippen LogP) is 2.30. The number of hydroxylamine groups is 1. The molecule has 0 bridgehead atoms. The van der Waals surface area contributed by atoms with Crippen molar-refractivity contribution in [1.29, 1.82) is 0 Å². The molecule has 0 aliphatic carbocycles. The molecule has 1 heterocycles. The maximum atomic E-state index is 13.2. The van der Waals surface area contributed by atoms with Crippen molar-refractivity contribution in [3.8, 4) is 5.75 Å². The minimum atomic E-state index is -4.02. The summed E-state index contributed by atoms with van der Waals surface area (Å²) in [5.74, 6) is -0.996. The van der Waals surface area contributed by atoms with E-state index in [1.165, 1.54) is 34.6 Å². The molecular weight excluding hydrogens is 394 g/mol. The number of phenols is 1. The molecule has 2 aromatic carbocycles. The molecule has 0 atom stereocenters. The van der Waals surface area contributed by atoms with Gasteiger partial charge in [0.1, 0.15) is 10.6 Å². The molecule has 3 aromatic rings. The molecule has 0 unspecified atom stereocenters. The zero-order valence-corrected chi connectivity index (χ0v) is 16.1. The highest BCUT2D eigenvalue weighted by molar-refractivity contribution is 7.89. The maximum Gasteiger partial charge on any atom is 0.274 e. The molecule has 3 rings (SSSR count). The number of para-hydroxylation sites is 1. The van der Waals surface area contributed by atoms with Crippen LogP contribution >= 0.6 is 0 Å². The normalized spacial score (nSPS) is 11.4. The number of aromatic hydroxyl groups is 1. The topological polar surface area (TPSA) is 120 Å². The molecule has 0 saturated carbocycles. The van der Waals surface area contributed by atoms with Crippen LogP contribution in [-0.2, 0) is 23.1 Å². The molecular formula is C20H19N3O5S. The number of hydrogen-bond acceptors (Lipinski definition) is 6. The van der Waals surface area contributed by atoms with Crippen LogP contribution in [0.25, 0.3) is 0 Å². The molecule has 0 aliphatic heterocycles. The highest BCUT2D eigenvalue weighted by atomic mass is 32.2. The van der Waals surface area contributed by atoms with Gasteiger partial charge in [-0.25, -0.2) is 13.9 Å². The Kier molecular flexibility index (Phi) is 6.23. The van der Waals surface area contributed by atoms with Crippen molar-refractivity contribution in [3.63, 3.8) is 0 Å². The lowest BCUT2D eigenvalue weighted by atomic mass is 10.1. The van der Waals surface area contributed by atoms with E-state index in [-0.39, 0.29) is 29.3 Å². The quantitative estimate of drug-likeness (QED) is 0.404. The third kappa shape index (κ3) is 4.77. The Hall–Kier alpha value is -3.27. The van der Waals surface area contributed by atoms with Crippen LogP contribution < -0.4 is 5.48 Å². The molecule has 0 fully saturated rings. The Bertz CT molecular complexity index is 1090. The highest BCUT2D eigenvalue weighted by Crippen LogP contribution is 2.27. The van der Waals surface area contributed by atoms with Gasteiger partial charge in [-0.15, -0.1) is 0 Å². The second kappa shape index (κ2) is 8.82. The van der Waals surface area contributed by atoms with Crippen LogP contribution in [0.1, 0.15) is 21.5 Å². The van der Waals surface area contributed by atoms with Crippen molar-refractivity contribution in [1.82, 2.24) is 14.8 Å². The summed E-state index contributed by atoms with van der Waals surface area (Å²) in [6.07, 6.45) is 3.17. The number of phenolic OH excluding ortho intramolecular Hbond substituents is 1. The largest absolute Gasteiger partial charge is 0.507 e. The number of pyridine rings is 1. The number of amides is 1. The summed E-state index contributed by atoms with van der Waals surface area (Å²) in [6, 6.07) is 15.4. The van der Waals surface area contributed by atoms with Crippen molar-refractivity contribution in [3.05, 3.63) is 89.7 Å². The number of carbonyl (C=O) groups excluding carboxylic acids is 1. The second-order valence-electron chi connectivity index (χ2n) is 6.24. The average Bonchev–Trinajstić information content (AvgIpc) is 2.74. The molecule has 0 radical (unpaired) electrons. The van der Waals surface area contributed by atoms with Gasteiger partial charge in [-0.1, -0.05) is 30.3 Å². The molecule has 0 spiro atoms. The van der Waals surface area contributed by atoms with Crippen molar-refractivity contribution in [2.45, 2.75) is 18.0 Å². The van der Waals surface area contributed by atoms with E-state index < -0.39 is 15.9 Å². The summed E-state index contributed by atoms with van der Waals surface area (Å²) in [4.78, 5) is 15.3. The Morgan fingerprint density at radius 1 is 0.966 bits per heavy atom. The number of nitrogens with one attached hydrogen (secondary N) is 1. The Balaban J connectivity index is 1.95. The van der Waals surface area contributed by atoms with E-state index in [1.807, 2.05) is 0 Å². The van der Waals surface area contributed by atoms with Gasteiger partial charge in [0.25, 0.3) is 5.91 Å². The fraction of sp³-hybridized carbons (Fsp3) is 0.100. The third-order valence-corrected chi connectivity index (χ3v) is 6.08. The predicted molar refractivity (Wildman–Crippen MR) is 104 cm³/mol. The zero-order valence-electron chi connectivity index (χ0n) is 15.3. The summed E-state index contributed by atoms with van der Waals surface area (Å²) < 4.78 is 27.7. The summed E-state index contributed by atoms with van der Waals surface area (Å²) in [7, 11) is -4.02. The van der Waals surface area contributed by atoms with Crippen LogP contribution in [0, 0.1) is 0 Å². The smallest absolute Gasteiger partial charge is 0.274 e. The Morgan fingerprint density at radius 2 is 1.66 bits per heavy atom. The first-order valence-electron chi connectivity index (χ1n) is 8.62. The van der Waals surface area contributed by atoms with Gasteiger partial charge in [0, 0.05) is 31.0 Å². The Morgan fingerprint density at radius 3 is 2.28 bits per heavy atom. The molecule has 150 valence electrons. The van der Waals surface area contributed by atoms with Crippen molar-refractivity contribution < 1.29 is 23.5 Å². The van der Waals surface area contributed by atoms with Gasteiger partial charge in [-0.3, -0.25) is 15.0 Å². The monoisotopic (exact) mass is 413 g/mol. The summed E-state index contributed by atoms with van der Waals surface area (Å²) >= 11 is 0. The van der Waals surface area contributed by atoms with E-state index in [2.05, 4.69) is 4.98 Å². The lowest BCUT2D eigenvalue weighted by Gasteiger charge is -2.23. The molecule has 1 aromatic heterocycles. The van der Waals surface area contributed by atoms with E-state index in [0.29, 0.717) is 11.1 Å². The molecule has 0 aliphatic rings. The van der Waals surface area contributed by atoms with Crippen molar-refractivity contribution in [2.24, 2.45) is 0 Å². The molecule has 8 nitrogen and oxygen atoms in total. The number of rotatable bonds is 7. The van der Waals surface area contributed by atoms with E-state index in [0.717, 1.165) is 0 Å². The minimum absolute atomic E-state index is 0.00653. The van der Waals surface area contributed by atoms with Crippen LogP contribution in [0.15, 0.2) is 78.0 Å². The number of aromatic nitrogens is 1. The van der Waals surface area contributed by atoms with Crippen LogP contribution in [0.2, 0.25) is 0 Å². The van der Waals surface area contributed by atoms with E-state index in [4.69, 9.17) is 5.21 Å². The van der Waals surface area contributed by atoms with Crippen LogP contribution in [-0.4, -0.2) is 33.9 Å². The van der Waals surface area contributed by atoms with Gasteiger partial charge < -0.3 is 5.11 Å². The van der Waals surface area contributed by atoms with Gasteiger partial charge >= 0.3 is 0 Å². The lowest BCUT2D eigenvalue weighted by molar-refractivity contribution is 0.0706.